The molecule has 0 fully saturated rings. The maximum atomic E-state index is 12.6. The number of hydrogen-bond acceptors (Lipinski definition) is 1. The summed E-state index contributed by atoms with van der Waals surface area (Å²) in [5.41, 5.74) is 2.89. The predicted molar refractivity (Wildman–Crippen MR) is 73.4 cm³/mol. The number of aliphatic hydroxyl groups is 1. The fourth-order valence-electron chi connectivity index (χ4n) is 3.04. The Hall–Kier alpha value is -1.75. The quantitative estimate of drug-likeness (QED) is 0.839. The molecule has 0 saturated heterocycles. The lowest BCUT2D eigenvalue weighted by Gasteiger charge is -2.20. The Morgan fingerprint density at radius 2 is 1.86 bits per heavy atom. The minimum Gasteiger partial charge on any atom is -0.388 e. The molecule has 1 heterocycles. The summed E-state index contributed by atoms with van der Waals surface area (Å²) in [5.74, 6) is 0. The minimum absolute atomic E-state index is 0.469. The average Bonchev–Trinajstić information content (AvgIpc) is 2.76. The number of rotatable bonds is 1. The first kappa shape index (κ1) is 14.2. The van der Waals surface area contributed by atoms with Gasteiger partial charge in [-0.15, -0.1) is 0 Å². The summed E-state index contributed by atoms with van der Waals surface area (Å²) in [6.07, 6.45) is -2.33. The van der Waals surface area contributed by atoms with E-state index in [0.29, 0.717) is 5.69 Å². The first-order chi connectivity index (χ1) is 9.88. The van der Waals surface area contributed by atoms with Crippen LogP contribution in [0.1, 0.15) is 41.5 Å². The molecule has 0 amide bonds. The van der Waals surface area contributed by atoms with E-state index in [1.807, 2.05) is 17.6 Å². The van der Waals surface area contributed by atoms with E-state index in [-0.39, 0.29) is 0 Å². The van der Waals surface area contributed by atoms with Crippen molar-refractivity contribution in [1.29, 1.82) is 0 Å². The standard InChI is InChI=1S/C16H16F3NO/c1-10-9-13-14(3-2-4-15(13)21)20(10)12-7-5-11(6-8-12)16(17,18)19/h5-9,15,21H,2-4H2,1H3. The van der Waals surface area contributed by atoms with Gasteiger partial charge in [0.05, 0.1) is 11.7 Å². The van der Waals surface area contributed by atoms with Gasteiger partial charge in [0.25, 0.3) is 0 Å². The van der Waals surface area contributed by atoms with E-state index in [1.165, 1.54) is 12.1 Å². The number of nitrogens with zero attached hydrogens (tertiary/aromatic N) is 1. The molecular formula is C16H16F3NO. The molecule has 1 aromatic heterocycles. The minimum atomic E-state index is -4.32. The van der Waals surface area contributed by atoms with Gasteiger partial charge >= 0.3 is 6.18 Å². The molecule has 2 nitrogen and oxygen atoms in total. The molecule has 5 heteroatoms. The summed E-state index contributed by atoms with van der Waals surface area (Å²) in [7, 11) is 0. The van der Waals surface area contributed by atoms with Crippen LogP contribution in [0.5, 0.6) is 0 Å². The van der Waals surface area contributed by atoms with E-state index < -0.39 is 17.8 Å². The number of aryl methyl sites for hydroxylation is 1. The predicted octanol–water partition coefficient (Wildman–Crippen LogP) is 4.17. The number of aliphatic hydroxyl groups excluding tert-OH is 1. The van der Waals surface area contributed by atoms with Crippen LogP contribution in [0.3, 0.4) is 0 Å². The Morgan fingerprint density at radius 1 is 1.19 bits per heavy atom. The zero-order valence-electron chi connectivity index (χ0n) is 11.6. The number of aromatic nitrogens is 1. The van der Waals surface area contributed by atoms with E-state index in [0.717, 1.165) is 48.3 Å². The van der Waals surface area contributed by atoms with Gasteiger partial charge in [0.15, 0.2) is 0 Å². The van der Waals surface area contributed by atoms with Crippen LogP contribution in [0.4, 0.5) is 13.2 Å². The first-order valence-corrected chi connectivity index (χ1v) is 6.95. The summed E-state index contributed by atoms with van der Waals surface area (Å²) >= 11 is 0. The maximum Gasteiger partial charge on any atom is 0.416 e. The number of hydrogen-bond donors (Lipinski definition) is 1. The van der Waals surface area contributed by atoms with Crippen LogP contribution in [-0.2, 0) is 12.6 Å². The van der Waals surface area contributed by atoms with Crippen LogP contribution in [-0.4, -0.2) is 9.67 Å². The van der Waals surface area contributed by atoms with Gasteiger partial charge in [-0.25, -0.2) is 0 Å². The average molecular weight is 295 g/mol. The van der Waals surface area contributed by atoms with Crippen molar-refractivity contribution < 1.29 is 18.3 Å². The Kier molecular flexibility index (Phi) is 3.32. The van der Waals surface area contributed by atoms with Crippen molar-refractivity contribution in [2.24, 2.45) is 0 Å². The smallest absolute Gasteiger partial charge is 0.388 e. The Morgan fingerprint density at radius 3 is 2.48 bits per heavy atom. The molecule has 1 N–H and O–H groups in total. The molecule has 0 radical (unpaired) electrons. The molecule has 1 aromatic carbocycles. The van der Waals surface area contributed by atoms with Crippen molar-refractivity contribution in [3.63, 3.8) is 0 Å². The zero-order valence-corrected chi connectivity index (χ0v) is 11.6. The fraction of sp³-hybridized carbons (Fsp3) is 0.375. The topological polar surface area (TPSA) is 25.2 Å². The highest BCUT2D eigenvalue weighted by Crippen LogP contribution is 2.35. The third-order valence-electron chi connectivity index (χ3n) is 4.02. The van der Waals surface area contributed by atoms with Gasteiger partial charge in [-0.05, 0) is 56.5 Å². The molecule has 1 aliphatic carbocycles. The van der Waals surface area contributed by atoms with Crippen LogP contribution in [0, 0.1) is 6.92 Å². The molecule has 0 spiro atoms. The molecule has 0 saturated carbocycles. The third-order valence-corrected chi connectivity index (χ3v) is 4.02. The second kappa shape index (κ2) is 4.91. The molecule has 1 aliphatic rings. The molecule has 3 rings (SSSR count). The lowest BCUT2D eigenvalue weighted by molar-refractivity contribution is -0.137. The number of halogens is 3. The van der Waals surface area contributed by atoms with Crippen LogP contribution in [0.2, 0.25) is 0 Å². The Balaban J connectivity index is 2.05. The number of fused-ring (bicyclic) bond motifs is 1. The van der Waals surface area contributed by atoms with Crippen molar-refractivity contribution in [1.82, 2.24) is 4.57 Å². The van der Waals surface area contributed by atoms with E-state index in [9.17, 15) is 18.3 Å². The fourth-order valence-corrected chi connectivity index (χ4v) is 3.04. The second-order valence-corrected chi connectivity index (χ2v) is 5.48. The van der Waals surface area contributed by atoms with Crippen molar-refractivity contribution in [2.45, 2.75) is 38.5 Å². The molecular weight excluding hydrogens is 279 g/mol. The molecule has 0 bridgehead atoms. The lowest BCUT2D eigenvalue weighted by Crippen LogP contribution is -2.12. The van der Waals surface area contributed by atoms with Gasteiger partial charge in [0.1, 0.15) is 0 Å². The van der Waals surface area contributed by atoms with Gasteiger partial charge in [-0.2, -0.15) is 13.2 Å². The van der Waals surface area contributed by atoms with Crippen LogP contribution < -0.4 is 0 Å². The molecule has 1 atom stereocenters. The van der Waals surface area contributed by atoms with Crippen LogP contribution in [0.25, 0.3) is 5.69 Å². The summed E-state index contributed by atoms with van der Waals surface area (Å²) < 4.78 is 39.8. The van der Waals surface area contributed by atoms with Gasteiger partial charge in [-0.3, -0.25) is 0 Å². The van der Waals surface area contributed by atoms with Crippen molar-refractivity contribution in [3.05, 3.63) is 52.8 Å². The molecule has 21 heavy (non-hydrogen) atoms. The highest BCUT2D eigenvalue weighted by molar-refractivity contribution is 5.44. The monoisotopic (exact) mass is 295 g/mol. The summed E-state index contributed by atoms with van der Waals surface area (Å²) in [6.45, 7) is 1.91. The van der Waals surface area contributed by atoms with E-state index >= 15 is 0 Å². The molecule has 1 unspecified atom stereocenters. The highest BCUT2D eigenvalue weighted by Gasteiger charge is 2.30. The Labute approximate surface area is 120 Å². The summed E-state index contributed by atoms with van der Waals surface area (Å²) in [5, 5.41) is 10.0. The largest absolute Gasteiger partial charge is 0.416 e. The van der Waals surface area contributed by atoms with Gasteiger partial charge in [0.2, 0.25) is 0 Å². The van der Waals surface area contributed by atoms with Crippen LogP contribution in [0.15, 0.2) is 30.3 Å². The zero-order chi connectivity index (χ0) is 15.2. The van der Waals surface area contributed by atoms with E-state index in [2.05, 4.69) is 0 Å². The van der Waals surface area contributed by atoms with Gasteiger partial charge in [0, 0.05) is 22.6 Å². The number of benzene rings is 1. The third kappa shape index (κ3) is 2.46. The first-order valence-electron chi connectivity index (χ1n) is 6.95. The summed E-state index contributed by atoms with van der Waals surface area (Å²) in [4.78, 5) is 0. The lowest BCUT2D eigenvalue weighted by atomic mass is 9.95. The summed E-state index contributed by atoms with van der Waals surface area (Å²) in [6, 6.07) is 7.09. The van der Waals surface area contributed by atoms with Gasteiger partial charge in [-0.1, -0.05) is 0 Å². The van der Waals surface area contributed by atoms with Crippen molar-refractivity contribution >= 4 is 0 Å². The highest BCUT2D eigenvalue weighted by atomic mass is 19.4. The molecule has 0 aliphatic heterocycles. The van der Waals surface area contributed by atoms with Crippen molar-refractivity contribution in [2.75, 3.05) is 0 Å². The van der Waals surface area contributed by atoms with Crippen LogP contribution >= 0.6 is 0 Å². The second-order valence-electron chi connectivity index (χ2n) is 5.48. The van der Waals surface area contributed by atoms with E-state index in [4.69, 9.17) is 0 Å². The molecule has 112 valence electrons. The number of alkyl halides is 3. The van der Waals surface area contributed by atoms with E-state index in [1.54, 1.807) is 0 Å². The SMILES string of the molecule is Cc1cc2c(n1-c1ccc(C(F)(F)F)cc1)CCCC2O. The van der Waals surface area contributed by atoms with Gasteiger partial charge < -0.3 is 9.67 Å². The van der Waals surface area contributed by atoms with Crippen molar-refractivity contribution in [3.8, 4) is 5.69 Å². The molecule has 2 aromatic rings. The Bertz CT molecular complexity index is 655. The normalized spacial score (nSPS) is 18.6. The maximum absolute atomic E-state index is 12.6.